The van der Waals surface area contributed by atoms with Gasteiger partial charge in [-0.15, -0.1) is 0 Å². The highest BCUT2D eigenvalue weighted by atomic mass is 16.4. The molecule has 0 saturated heterocycles. The number of hydrogen-bond donors (Lipinski definition) is 2. The summed E-state index contributed by atoms with van der Waals surface area (Å²) in [7, 11) is 0. The lowest BCUT2D eigenvalue weighted by atomic mass is 9.84. The van der Waals surface area contributed by atoms with E-state index in [0.29, 0.717) is 0 Å². The van der Waals surface area contributed by atoms with Gasteiger partial charge in [-0.3, -0.25) is 0 Å². The second-order valence-electron chi connectivity index (χ2n) is 13.1. The molecule has 0 aliphatic heterocycles. The fraction of sp³-hybridized carbons (Fsp3) is 0.405. The van der Waals surface area contributed by atoms with E-state index < -0.39 is 5.97 Å². The van der Waals surface area contributed by atoms with Crippen LogP contribution in [0, 0.1) is 34.6 Å². The van der Waals surface area contributed by atoms with Crippen molar-refractivity contribution in [2.45, 2.75) is 113 Å². The average Bonchev–Trinajstić information content (AvgIpc) is 3.00. The molecular weight excluding hydrogens is 552 g/mol. The summed E-state index contributed by atoms with van der Waals surface area (Å²) >= 11 is 0. The highest BCUT2D eigenvalue weighted by Crippen LogP contribution is 2.39. The van der Waals surface area contributed by atoms with Crippen LogP contribution in [0.3, 0.4) is 0 Å². The van der Waals surface area contributed by atoms with E-state index >= 15 is 0 Å². The van der Waals surface area contributed by atoms with E-state index in [1.807, 2.05) is 0 Å². The number of phenols is 1. The summed E-state index contributed by atoms with van der Waals surface area (Å²) in [4.78, 5) is 11.4. The maximum absolute atomic E-state index is 11.4. The van der Waals surface area contributed by atoms with Crippen molar-refractivity contribution in [2.75, 3.05) is 0 Å². The van der Waals surface area contributed by atoms with Gasteiger partial charge in [-0.2, -0.15) is 0 Å². The maximum Gasteiger partial charge on any atom is 0.339 e. The van der Waals surface area contributed by atoms with Crippen LogP contribution in [0.4, 0.5) is 0 Å². The van der Waals surface area contributed by atoms with Crippen molar-refractivity contribution < 1.29 is 15.0 Å². The molecule has 0 amide bonds. The van der Waals surface area contributed by atoms with E-state index in [4.69, 9.17) is 0 Å². The van der Waals surface area contributed by atoms with Gasteiger partial charge in [-0.05, 0) is 145 Å². The predicted molar refractivity (Wildman–Crippen MR) is 191 cm³/mol. The van der Waals surface area contributed by atoms with Crippen molar-refractivity contribution in [3.8, 4) is 39.1 Å². The zero-order chi connectivity index (χ0) is 32.7. The van der Waals surface area contributed by atoms with Crippen LogP contribution in [0.25, 0.3) is 33.4 Å². The maximum atomic E-state index is 11.4. The van der Waals surface area contributed by atoms with Crippen molar-refractivity contribution in [3.05, 3.63) is 99.1 Å². The number of carboxylic acids is 1. The zero-order valence-corrected chi connectivity index (χ0v) is 28.6. The normalized spacial score (nSPS) is 11.3. The summed E-state index contributed by atoms with van der Waals surface area (Å²) in [5, 5.41) is 19.6. The molecule has 2 N–H and O–H groups in total. The van der Waals surface area contributed by atoms with Crippen molar-refractivity contribution in [2.24, 2.45) is 0 Å². The van der Waals surface area contributed by atoms with Gasteiger partial charge < -0.3 is 10.2 Å². The number of unbranched alkanes of at least 4 members (excludes halogenated alkanes) is 6. The molecule has 0 atom stereocenters. The summed E-state index contributed by atoms with van der Waals surface area (Å²) in [6.45, 7) is 15.5. The van der Waals surface area contributed by atoms with E-state index in [2.05, 4.69) is 84.9 Å². The zero-order valence-electron chi connectivity index (χ0n) is 28.6. The van der Waals surface area contributed by atoms with Crippen molar-refractivity contribution in [3.63, 3.8) is 0 Å². The first-order valence-corrected chi connectivity index (χ1v) is 17.0. The fourth-order valence-electron chi connectivity index (χ4n) is 6.72. The van der Waals surface area contributed by atoms with Gasteiger partial charge in [0.1, 0.15) is 11.3 Å². The van der Waals surface area contributed by atoms with Crippen LogP contribution in [-0.4, -0.2) is 16.2 Å². The van der Waals surface area contributed by atoms with Gasteiger partial charge >= 0.3 is 5.97 Å². The summed E-state index contributed by atoms with van der Waals surface area (Å²) in [5.74, 6) is -1.35. The highest BCUT2D eigenvalue weighted by molar-refractivity contribution is 5.92. The molecule has 0 aliphatic rings. The molecule has 0 fully saturated rings. The molecule has 0 saturated carbocycles. The minimum absolute atomic E-state index is 0.0859. The number of carbonyl (C=O) groups is 1. The molecule has 0 spiro atoms. The topological polar surface area (TPSA) is 57.5 Å². The van der Waals surface area contributed by atoms with E-state index in [-0.39, 0.29) is 11.3 Å². The Morgan fingerprint density at radius 2 is 1.02 bits per heavy atom. The van der Waals surface area contributed by atoms with Crippen LogP contribution < -0.4 is 0 Å². The van der Waals surface area contributed by atoms with E-state index in [1.165, 1.54) is 108 Å². The van der Waals surface area contributed by atoms with Gasteiger partial charge in [-0.25, -0.2) is 4.79 Å². The van der Waals surface area contributed by atoms with E-state index in [0.717, 1.165) is 35.1 Å². The summed E-state index contributed by atoms with van der Waals surface area (Å²) in [5.41, 5.74) is 16.1. The first-order chi connectivity index (χ1) is 21.5. The van der Waals surface area contributed by atoms with Crippen molar-refractivity contribution >= 4 is 5.97 Å². The first-order valence-electron chi connectivity index (χ1n) is 17.0. The Balaban J connectivity index is 1.73. The number of aryl methyl sites for hydroxylation is 7. The number of carboxylic acid groups (broad SMARTS) is 1. The number of hydrogen-bond acceptors (Lipinski definition) is 2. The van der Waals surface area contributed by atoms with Gasteiger partial charge in [0.05, 0.1) is 0 Å². The van der Waals surface area contributed by atoms with Crippen LogP contribution in [0.15, 0.2) is 54.6 Å². The fourth-order valence-corrected chi connectivity index (χ4v) is 6.72. The van der Waals surface area contributed by atoms with Gasteiger partial charge in [0.15, 0.2) is 0 Å². The van der Waals surface area contributed by atoms with Crippen LogP contribution in [0.5, 0.6) is 5.75 Å². The van der Waals surface area contributed by atoms with Gasteiger partial charge in [0, 0.05) is 0 Å². The van der Waals surface area contributed by atoms with Gasteiger partial charge in [-0.1, -0.05) is 94.8 Å². The van der Waals surface area contributed by atoms with E-state index in [1.54, 1.807) is 12.1 Å². The molecule has 0 bridgehead atoms. The monoisotopic (exact) mass is 604 g/mol. The standard InChI is InChI=1S/C42H52O3/c1-8-10-12-14-16-32-25-40(33(20-27(32)3)17-15-13-11-9-2)39-24-30(6)38(23-31(39)7)37-22-28(4)36(21-29(37)5)34-18-19-35(42(44)45)41(43)26-34/h18-26,43H,8-17H2,1-7H3,(H,44,45). The molecule has 0 heterocycles. The number of aromatic carboxylic acids is 1. The molecule has 0 aliphatic carbocycles. The Bertz CT molecular complexity index is 1660. The smallest absolute Gasteiger partial charge is 0.339 e. The average molecular weight is 605 g/mol. The van der Waals surface area contributed by atoms with E-state index in [9.17, 15) is 15.0 Å². The minimum atomic E-state index is -1.13. The largest absolute Gasteiger partial charge is 0.507 e. The molecule has 0 aromatic heterocycles. The third kappa shape index (κ3) is 8.06. The first kappa shape index (κ1) is 34.0. The van der Waals surface area contributed by atoms with Crippen LogP contribution in [-0.2, 0) is 12.8 Å². The predicted octanol–water partition coefficient (Wildman–Crippen LogP) is 11.9. The molecule has 0 radical (unpaired) electrons. The second-order valence-corrected chi connectivity index (χ2v) is 13.1. The SMILES string of the molecule is CCCCCCc1cc(-c2cc(C)c(-c3cc(C)c(-c4ccc(C(=O)O)c(O)c4)cc3C)cc2C)c(CCCCCC)cc1C. The lowest BCUT2D eigenvalue weighted by molar-refractivity contribution is 0.0693. The number of aromatic hydroxyl groups is 1. The van der Waals surface area contributed by atoms with Gasteiger partial charge in [0.25, 0.3) is 0 Å². The molecule has 0 unspecified atom stereocenters. The number of rotatable bonds is 14. The summed E-state index contributed by atoms with van der Waals surface area (Å²) < 4.78 is 0. The second kappa shape index (κ2) is 15.4. The summed E-state index contributed by atoms with van der Waals surface area (Å²) in [6.07, 6.45) is 12.4. The minimum Gasteiger partial charge on any atom is -0.507 e. The molecule has 4 rings (SSSR count). The quantitative estimate of drug-likeness (QED) is 0.141. The molecular formula is C42H52O3. The van der Waals surface area contributed by atoms with Crippen LogP contribution in [0.1, 0.15) is 115 Å². The van der Waals surface area contributed by atoms with Crippen LogP contribution >= 0.6 is 0 Å². The van der Waals surface area contributed by atoms with Crippen molar-refractivity contribution in [1.29, 1.82) is 0 Å². The lowest BCUT2D eigenvalue weighted by Gasteiger charge is -2.20. The molecule has 4 aromatic rings. The molecule has 4 aromatic carbocycles. The van der Waals surface area contributed by atoms with Crippen molar-refractivity contribution in [1.82, 2.24) is 0 Å². The Kier molecular flexibility index (Phi) is 11.7. The molecule has 3 nitrogen and oxygen atoms in total. The summed E-state index contributed by atoms with van der Waals surface area (Å²) in [6, 6.07) is 18.9. The Labute approximate surface area is 271 Å². The molecule has 45 heavy (non-hydrogen) atoms. The highest BCUT2D eigenvalue weighted by Gasteiger charge is 2.17. The molecule has 238 valence electrons. The third-order valence-corrected chi connectivity index (χ3v) is 9.42. The third-order valence-electron chi connectivity index (χ3n) is 9.42. The number of benzene rings is 4. The Hall–Kier alpha value is -3.85. The lowest BCUT2D eigenvalue weighted by Crippen LogP contribution is -2.00. The Morgan fingerprint density at radius 1 is 0.533 bits per heavy atom. The Morgan fingerprint density at radius 3 is 1.53 bits per heavy atom. The van der Waals surface area contributed by atoms with Crippen LogP contribution in [0.2, 0.25) is 0 Å². The van der Waals surface area contributed by atoms with Gasteiger partial charge in [0.2, 0.25) is 0 Å². The molecule has 3 heteroatoms.